The van der Waals surface area contributed by atoms with Gasteiger partial charge in [-0.05, 0) is 12.1 Å². The van der Waals surface area contributed by atoms with E-state index in [-0.39, 0.29) is 52.1 Å². The smallest absolute Gasteiger partial charge is 0.870 e. The summed E-state index contributed by atoms with van der Waals surface area (Å²) in [5, 5.41) is 17.8. The molecular formula is C7H7NaO4. The van der Waals surface area contributed by atoms with Crippen molar-refractivity contribution in [1.82, 2.24) is 0 Å². The molecule has 0 unspecified atom stereocenters. The molecule has 4 nitrogen and oxygen atoms in total. The molecule has 0 aliphatic heterocycles. The van der Waals surface area contributed by atoms with Gasteiger partial charge in [-0.3, -0.25) is 4.79 Å². The molecule has 0 radical (unpaired) electrons. The van der Waals surface area contributed by atoms with Crippen LogP contribution in [0.3, 0.4) is 0 Å². The Labute approximate surface area is 91.4 Å². The van der Waals surface area contributed by atoms with Crippen molar-refractivity contribution in [2.75, 3.05) is 0 Å². The fourth-order valence-corrected chi connectivity index (χ4v) is 0.662. The van der Waals surface area contributed by atoms with E-state index in [1.165, 1.54) is 18.2 Å². The van der Waals surface area contributed by atoms with Crippen molar-refractivity contribution in [3.05, 3.63) is 23.8 Å². The van der Waals surface area contributed by atoms with Gasteiger partial charge in [0.2, 0.25) is 0 Å². The molecule has 0 bridgehead atoms. The molecule has 0 atom stereocenters. The van der Waals surface area contributed by atoms with Gasteiger partial charge in [0, 0.05) is 0 Å². The van der Waals surface area contributed by atoms with Gasteiger partial charge in [-0.25, -0.2) is 0 Å². The van der Waals surface area contributed by atoms with Gasteiger partial charge in [-0.1, -0.05) is 6.07 Å². The van der Waals surface area contributed by atoms with Crippen LogP contribution in [-0.2, 0) is 0 Å². The molecule has 60 valence electrons. The maximum atomic E-state index is 10.1. The molecule has 0 aliphatic carbocycles. The normalized spacial score (nSPS) is 7.67. The molecule has 3 N–H and O–H groups in total. The Hall–Kier alpha value is -0.550. The number of benzene rings is 1. The van der Waals surface area contributed by atoms with E-state index in [4.69, 9.17) is 10.2 Å². The van der Waals surface area contributed by atoms with Crippen molar-refractivity contribution >= 4 is 6.29 Å². The van der Waals surface area contributed by atoms with E-state index >= 15 is 0 Å². The predicted octanol–water partition coefficient (Wildman–Crippen LogP) is -2.26. The summed E-state index contributed by atoms with van der Waals surface area (Å²) < 4.78 is 0. The van der Waals surface area contributed by atoms with E-state index in [0.29, 0.717) is 6.29 Å². The Kier molecular flexibility index (Phi) is 7.02. The number of carbonyl (C=O) groups is 1. The Morgan fingerprint density at radius 2 is 1.58 bits per heavy atom. The Morgan fingerprint density at radius 3 is 1.83 bits per heavy atom. The summed E-state index contributed by atoms with van der Waals surface area (Å²) in [6.45, 7) is 0. The number of aldehydes is 1. The average molecular weight is 178 g/mol. The van der Waals surface area contributed by atoms with Crippen molar-refractivity contribution < 1.29 is 50.0 Å². The maximum absolute atomic E-state index is 10.1. The first-order valence-electron chi connectivity index (χ1n) is 2.72. The first-order chi connectivity index (χ1) is 4.75. The molecule has 0 fully saturated rings. The minimum Gasteiger partial charge on any atom is -0.870 e. The third-order valence-corrected chi connectivity index (χ3v) is 1.18. The zero-order valence-electron chi connectivity index (χ0n) is 6.56. The van der Waals surface area contributed by atoms with Crippen LogP contribution in [0.25, 0.3) is 0 Å². The molecule has 0 saturated heterocycles. The van der Waals surface area contributed by atoms with E-state index in [0.717, 1.165) is 0 Å². The second-order valence-corrected chi connectivity index (χ2v) is 1.83. The summed E-state index contributed by atoms with van der Waals surface area (Å²) in [5.41, 5.74) is -0.0671. The van der Waals surface area contributed by atoms with Crippen LogP contribution in [0.5, 0.6) is 11.5 Å². The first-order valence-corrected chi connectivity index (χ1v) is 2.72. The van der Waals surface area contributed by atoms with Gasteiger partial charge in [0.15, 0.2) is 6.29 Å². The third-order valence-electron chi connectivity index (χ3n) is 1.18. The third kappa shape index (κ3) is 2.83. The van der Waals surface area contributed by atoms with Crippen LogP contribution in [-0.4, -0.2) is 22.0 Å². The second-order valence-electron chi connectivity index (χ2n) is 1.83. The van der Waals surface area contributed by atoms with E-state index in [1.54, 1.807) is 0 Å². The Bertz CT molecular complexity index is 241. The number of carbonyl (C=O) groups excluding carboxylic acids is 1. The average Bonchev–Trinajstić information content (AvgIpc) is 1.88. The summed E-state index contributed by atoms with van der Waals surface area (Å²) in [7, 11) is 0. The Balaban J connectivity index is 0. The van der Waals surface area contributed by atoms with E-state index in [1.807, 2.05) is 0 Å². The molecule has 0 saturated carbocycles. The fourth-order valence-electron chi connectivity index (χ4n) is 0.662. The molecular weight excluding hydrogens is 171 g/mol. The summed E-state index contributed by atoms with van der Waals surface area (Å²) >= 11 is 0. The van der Waals surface area contributed by atoms with E-state index in [2.05, 4.69) is 0 Å². The number of hydrogen-bond donors (Lipinski definition) is 2. The molecule has 0 aliphatic rings. The molecule has 1 rings (SSSR count). The number of rotatable bonds is 1. The topological polar surface area (TPSA) is 87.5 Å². The standard InChI is InChI=1S/C7H6O3.Na.H2O/c8-4-5-6(9)2-1-3-7(5)10;;/h1-4,9-10H;;1H2/q;+1;/p-1. The van der Waals surface area contributed by atoms with Crippen LogP contribution in [0.2, 0.25) is 0 Å². The van der Waals surface area contributed by atoms with Gasteiger partial charge in [0.05, 0.1) is 5.56 Å². The molecule has 1 aromatic carbocycles. The minimum atomic E-state index is -0.199. The van der Waals surface area contributed by atoms with Gasteiger partial charge in [0.25, 0.3) is 0 Å². The van der Waals surface area contributed by atoms with Gasteiger partial charge in [-0.15, -0.1) is 0 Å². The van der Waals surface area contributed by atoms with Crippen LogP contribution in [0.1, 0.15) is 10.4 Å². The van der Waals surface area contributed by atoms with Crippen LogP contribution in [0, 0.1) is 0 Å². The summed E-state index contributed by atoms with van der Waals surface area (Å²) in [6.07, 6.45) is 0.407. The van der Waals surface area contributed by atoms with Gasteiger partial charge < -0.3 is 15.7 Å². The quantitative estimate of drug-likeness (QED) is 0.375. The van der Waals surface area contributed by atoms with Gasteiger partial charge >= 0.3 is 29.6 Å². The minimum absolute atomic E-state index is 0. The monoisotopic (exact) mass is 178 g/mol. The summed E-state index contributed by atoms with van der Waals surface area (Å²) in [4.78, 5) is 10.1. The van der Waals surface area contributed by atoms with Crippen molar-refractivity contribution in [1.29, 1.82) is 0 Å². The Morgan fingerprint density at radius 1 is 1.17 bits per heavy atom. The van der Waals surface area contributed by atoms with Crippen LogP contribution < -0.4 is 29.6 Å². The second kappa shape index (κ2) is 6.02. The predicted molar refractivity (Wildman–Crippen MR) is 37.1 cm³/mol. The van der Waals surface area contributed by atoms with Crippen molar-refractivity contribution in [2.45, 2.75) is 0 Å². The first kappa shape index (κ1) is 14.0. The largest absolute Gasteiger partial charge is 1.00 e. The molecule has 5 heteroatoms. The maximum Gasteiger partial charge on any atom is 1.00 e. The van der Waals surface area contributed by atoms with E-state index < -0.39 is 0 Å². The van der Waals surface area contributed by atoms with Crippen LogP contribution in [0.4, 0.5) is 0 Å². The summed E-state index contributed by atoms with van der Waals surface area (Å²) in [5.74, 6) is -0.398. The van der Waals surface area contributed by atoms with E-state index in [9.17, 15) is 4.79 Å². The van der Waals surface area contributed by atoms with Crippen LogP contribution in [0.15, 0.2) is 18.2 Å². The number of phenols is 2. The van der Waals surface area contributed by atoms with Crippen LogP contribution >= 0.6 is 0 Å². The number of aromatic hydroxyl groups is 2. The summed E-state index contributed by atoms with van der Waals surface area (Å²) in [6, 6.07) is 4.13. The van der Waals surface area contributed by atoms with Gasteiger partial charge in [0.1, 0.15) is 11.5 Å². The number of hydrogen-bond acceptors (Lipinski definition) is 4. The zero-order valence-corrected chi connectivity index (χ0v) is 8.56. The molecule has 12 heavy (non-hydrogen) atoms. The zero-order chi connectivity index (χ0) is 7.56. The number of phenolic OH excluding ortho intramolecular Hbond substituents is 2. The molecule has 0 spiro atoms. The molecule has 0 amide bonds. The molecule has 1 aromatic rings. The van der Waals surface area contributed by atoms with Gasteiger partial charge in [-0.2, -0.15) is 0 Å². The molecule has 0 heterocycles. The van der Waals surface area contributed by atoms with Crippen molar-refractivity contribution in [3.63, 3.8) is 0 Å². The SMILES string of the molecule is O=Cc1c(O)cccc1O.[Na+].[OH-]. The molecule has 0 aromatic heterocycles. The fraction of sp³-hybridized carbons (Fsp3) is 0. The van der Waals surface area contributed by atoms with Crippen molar-refractivity contribution in [3.8, 4) is 11.5 Å². The van der Waals surface area contributed by atoms with Crippen molar-refractivity contribution in [2.24, 2.45) is 0 Å².